The summed E-state index contributed by atoms with van der Waals surface area (Å²) in [7, 11) is 0. The third kappa shape index (κ3) is 2.81. The highest BCUT2D eigenvalue weighted by Crippen LogP contribution is 2.11. The lowest BCUT2D eigenvalue weighted by atomic mass is 10.2. The summed E-state index contributed by atoms with van der Waals surface area (Å²) < 4.78 is 5.62. The van der Waals surface area contributed by atoms with E-state index in [1.807, 2.05) is 49.4 Å². The van der Waals surface area contributed by atoms with Crippen LogP contribution in [0.15, 0.2) is 48.7 Å². The first-order valence-electron chi connectivity index (χ1n) is 4.94. The molecule has 1 aromatic carbocycles. The molecule has 2 rings (SSSR count). The Morgan fingerprint density at radius 3 is 2.67 bits per heavy atom. The van der Waals surface area contributed by atoms with Gasteiger partial charge in [0.2, 0.25) is 0 Å². The van der Waals surface area contributed by atoms with Crippen LogP contribution >= 0.6 is 0 Å². The maximum absolute atomic E-state index is 5.62. The number of ether oxygens (including phenoxy) is 1. The Morgan fingerprint density at radius 2 is 1.93 bits per heavy atom. The number of benzene rings is 1. The molecule has 2 heteroatoms. The highest BCUT2D eigenvalue weighted by molar-refractivity contribution is 5.22. The Kier molecular flexibility index (Phi) is 2.98. The van der Waals surface area contributed by atoms with Crippen molar-refractivity contribution in [2.45, 2.75) is 13.5 Å². The fraction of sp³-hybridized carbons (Fsp3) is 0.154. The molecule has 15 heavy (non-hydrogen) atoms. The van der Waals surface area contributed by atoms with Gasteiger partial charge in [0.1, 0.15) is 12.4 Å². The molecule has 0 bridgehead atoms. The van der Waals surface area contributed by atoms with Crippen LogP contribution in [0.25, 0.3) is 0 Å². The molecule has 1 aromatic heterocycles. The van der Waals surface area contributed by atoms with Crippen molar-refractivity contribution in [3.8, 4) is 5.75 Å². The summed E-state index contributed by atoms with van der Waals surface area (Å²) in [5.74, 6) is 0.895. The SMILES string of the molecule is Cc1cc(COc2ccccc2)ccn1. The van der Waals surface area contributed by atoms with Crippen molar-refractivity contribution < 1.29 is 4.74 Å². The summed E-state index contributed by atoms with van der Waals surface area (Å²) in [6.07, 6.45) is 1.80. The lowest BCUT2D eigenvalue weighted by Gasteiger charge is -2.05. The monoisotopic (exact) mass is 199 g/mol. The Morgan fingerprint density at radius 1 is 1.13 bits per heavy atom. The van der Waals surface area contributed by atoms with E-state index in [-0.39, 0.29) is 0 Å². The van der Waals surface area contributed by atoms with Gasteiger partial charge in [0.15, 0.2) is 0 Å². The van der Waals surface area contributed by atoms with Crippen molar-refractivity contribution in [3.63, 3.8) is 0 Å². The number of pyridine rings is 1. The van der Waals surface area contributed by atoms with Gasteiger partial charge >= 0.3 is 0 Å². The molecule has 76 valence electrons. The summed E-state index contributed by atoms with van der Waals surface area (Å²) in [6, 6.07) is 13.8. The van der Waals surface area contributed by atoms with Crippen molar-refractivity contribution in [1.82, 2.24) is 4.98 Å². The van der Waals surface area contributed by atoms with E-state index in [0.717, 1.165) is 17.0 Å². The molecule has 0 atom stereocenters. The average Bonchev–Trinajstić information content (AvgIpc) is 2.28. The number of hydrogen-bond acceptors (Lipinski definition) is 2. The van der Waals surface area contributed by atoms with Crippen LogP contribution in [-0.2, 0) is 6.61 Å². The van der Waals surface area contributed by atoms with Crippen LogP contribution in [-0.4, -0.2) is 4.98 Å². The fourth-order valence-electron chi connectivity index (χ4n) is 1.38. The topological polar surface area (TPSA) is 22.1 Å². The highest BCUT2D eigenvalue weighted by Gasteiger charge is 1.95. The molecule has 0 fully saturated rings. The van der Waals surface area contributed by atoms with E-state index in [9.17, 15) is 0 Å². The van der Waals surface area contributed by atoms with E-state index < -0.39 is 0 Å². The Balaban J connectivity index is 1.99. The van der Waals surface area contributed by atoms with Gasteiger partial charge in [-0.3, -0.25) is 4.98 Å². The molecule has 0 saturated heterocycles. The van der Waals surface area contributed by atoms with Crippen LogP contribution in [0.5, 0.6) is 5.75 Å². The Bertz CT molecular complexity index is 426. The predicted octanol–water partition coefficient (Wildman–Crippen LogP) is 2.97. The van der Waals surface area contributed by atoms with Crippen molar-refractivity contribution in [2.24, 2.45) is 0 Å². The van der Waals surface area contributed by atoms with Crippen LogP contribution in [0.1, 0.15) is 11.3 Å². The van der Waals surface area contributed by atoms with Gasteiger partial charge in [-0.05, 0) is 36.8 Å². The van der Waals surface area contributed by atoms with Crippen LogP contribution in [0, 0.1) is 6.92 Å². The third-order valence-electron chi connectivity index (χ3n) is 2.11. The third-order valence-corrected chi connectivity index (χ3v) is 2.11. The van der Waals surface area contributed by atoms with Crippen molar-refractivity contribution in [2.75, 3.05) is 0 Å². The molecule has 0 N–H and O–H groups in total. The van der Waals surface area contributed by atoms with E-state index in [4.69, 9.17) is 4.74 Å². The molecular formula is C13H13NO. The molecule has 2 nitrogen and oxygen atoms in total. The van der Waals surface area contributed by atoms with E-state index in [1.54, 1.807) is 6.20 Å². The Hall–Kier alpha value is -1.83. The molecule has 0 aliphatic rings. The minimum Gasteiger partial charge on any atom is -0.489 e. The van der Waals surface area contributed by atoms with Gasteiger partial charge in [0, 0.05) is 11.9 Å². The second-order valence-corrected chi connectivity index (χ2v) is 3.41. The standard InChI is InChI=1S/C13H13NO/c1-11-9-12(7-8-14-11)10-15-13-5-3-2-4-6-13/h2-9H,10H2,1H3. The van der Waals surface area contributed by atoms with E-state index in [1.165, 1.54) is 0 Å². The summed E-state index contributed by atoms with van der Waals surface area (Å²) >= 11 is 0. The number of nitrogens with zero attached hydrogens (tertiary/aromatic N) is 1. The molecule has 0 aliphatic carbocycles. The van der Waals surface area contributed by atoms with Gasteiger partial charge < -0.3 is 4.74 Å². The molecular weight excluding hydrogens is 186 g/mol. The van der Waals surface area contributed by atoms with Crippen molar-refractivity contribution >= 4 is 0 Å². The number of aromatic nitrogens is 1. The van der Waals surface area contributed by atoms with Crippen molar-refractivity contribution in [1.29, 1.82) is 0 Å². The summed E-state index contributed by atoms with van der Waals surface area (Å²) in [6.45, 7) is 2.57. The number of rotatable bonds is 3. The maximum Gasteiger partial charge on any atom is 0.119 e. The van der Waals surface area contributed by atoms with Crippen LogP contribution in [0.2, 0.25) is 0 Å². The molecule has 0 aliphatic heterocycles. The lowest BCUT2D eigenvalue weighted by Crippen LogP contribution is -1.96. The summed E-state index contributed by atoms with van der Waals surface area (Å²) in [5, 5.41) is 0. The first-order valence-corrected chi connectivity index (χ1v) is 4.94. The second-order valence-electron chi connectivity index (χ2n) is 3.41. The van der Waals surface area contributed by atoms with Gasteiger partial charge in [0.05, 0.1) is 0 Å². The van der Waals surface area contributed by atoms with Gasteiger partial charge in [-0.2, -0.15) is 0 Å². The number of hydrogen-bond donors (Lipinski definition) is 0. The van der Waals surface area contributed by atoms with Gasteiger partial charge in [-0.1, -0.05) is 18.2 Å². The normalized spacial score (nSPS) is 9.93. The number of para-hydroxylation sites is 1. The van der Waals surface area contributed by atoms with Gasteiger partial charge in [0.25, 0.3) is 0 Å². The highest BCUT2D eigenvalue weighted by atomic mass is 16.5. The molecule has 0 saturated carbocycles. The fourth-order valence-corrected chi connectivity index (χ4v) is 1.38. The molecule has 0 amide bonds. The van der Waals surface area contributed by atoms with Gasteiger partial charge in [-0.15, -0.1) is 0 Å². The zero-order valence-corrected chi connectivity index (χ0v) is 8.68. The molecule has 0 unspecified atom stereocenters. The molecule has 0 radical (unpaired) electrons. The quantitative estimate of drug-likeness (QED) is 0.758. The van der Waals surface area contributed by atoms with E-state index in [2.05, 4.69) is 4.98 Å². The van der Waals surface area contributed by atoms with Crippen LogP contribution < -0.4 is 4.74 Å². The van der Waals surface area contributed by atoms with Crippen LogP contribution in [0.4, 0.5) is 0 Å². The maximum atomic E-state index is 5.62. The average molecular weight is 199 g/mol. The minimum absolute atomic E-state index is 0.591. The molecule has 1 heterocycles. The first kappa shape index (κ1) is 9.71. The predicted molar refractivity (Wildman–Crippen MR) is 59.7 cm³/mol. The second kappa shape index (κ2) is 4.60. The number of aryl methyl sites for hydroxylation is 1. The lowest BCUT2D eigenvalue weighted by molar-refractivity contribution is 0.306. The van der Waals surface area contributed by atoms with E-state index in [0.29, 0.717) is 6.61 Å². The smallest absolute Gasteiger partial charge is 0.119 e. The van der Waals surface area contributed by atoms with Crippen molar-refractivity contribution in [3.05, 3.63) is 59.9 Å². The largest absolute Gasteiger partial charge is 0.489 e. The summed E-state index contributed by atoms with van der Waals surface area (Å²) in [4.78, 5) is 4.14. The molecule has 2 aromatic rings. The Labute approximate surface area is 89.6 Å². The van der Waals surface area contributed by atoms with Gasteiger partial charge in [-0.25, -0.2) is 0 Å². The summed E-state index contributed by atoms with van der Waals surface area (Å²) in [5.41, 5.74) is 2.16. The minimum atomic E-state index is 0.591. The van der Waals surface area contributed by atoms with E-state index >= 15 is 0 Å². The van der Waals surface area contributed by atoms with Crippen LogP contribution in [0.3, 0.4) is 0 Å². The zero-order chi connectivity index (χ0) is 10.5. The zero-order valence-electron chi connectivity index (χ0n) is 8.68. The first-order chi connectivity index (χ1) is 7.34. The molecule has 0 spiro atoms.